The van der Waals surface area contributed by atoms with Gasteiger partial charge in [-0.05, 0) is 18.8 Å². The highest BCUT2D eigenvalue weighted by Crippen LogP contribution is 2.25. The summed E-state index contributed by atoms with van der Waals surface area (Å²) in [7, 11) is 1.77. The van der Waals surface area contributed by atoms with Crippen molar-refractivity contribution in [3.63, 3.8) is 0 Å². The highest BCUT2D eigenvalue weighted by molar-refractivity contribution is 5.70. The standard InChI is InChI=1S/C17H21N7O/c1-18-16-20-7-12(8-21-16)13-9-19-14-15(22-13)24(17(25)23-14)10-11-5-3-2-4-6-11/h7-9,11H,2-6,10H2,1H3,(H,18,20,21)(H,19,23,25). The van der Waals surface area contributed by atoms with Gasteiger partial charge in [-0.2, -0.15) is 0 Å². The fourth-order valence-corrected chi connectivity index (χ4v) is 3.45. The summed E-state index contributed by atoms with van der Waals surface area (Å²) >= 11 is 0. The van der Waals surface area contributed by atoms with Crippen LogP contribution in [0.5, 0.6) is 0 Å². The Kier molecular flexibility index (Phi) is 4.17. The minimum Gasteiger partial charge on any atom is -0.357 e. The fourth-order valence-electron chi connectivity index (χ4n) is 3.45. The van der Waals surface area contributed by atoms with Crippen LogP contribution in [-0.4, -0.2) is 36.5 Å². The van der Waals surface area contributed by atoms with Gasteiger partial charge in [-0.25, -0.2) is 24.7 Å². The van der Waals surface area contributed by atoms with Gasteiger partial charge in [0.05, 0.1) is 11.9 Å². The highest BCUT2D eigenvalue weighted by Gasteiger charge is 2.18. The Hall–Kier alpha value is -2.77. The molecule has 3 heterocycles. The molecule has 0 spiro atoms. The van der Waals surface area contributed by atoms with E-state index in [9.17, 15) is 4.79 Å². The minimum absolute atomic E-state index is 0.139. The molecular formula is C17H21N7O. The zero-order chi connectivity index (χ0) is 17.2. The van der Waals surface area contributed by atoms with Gasteiger partial charge in [0.2, 0.25) is 5.95 Å². The molecule has 130 valence electrons. The van der Waals surface area contributed by atoms with Crippen molar-refractivity contribution in [1.29, 1.82) is 0 Å². The van der Waals surface area contributed by atoms with E-state index < -0.39 is 0 Å². The van der Waals surface area contributed by atoms with Crippen LogP contribution in [0.1, 0.15) is 32.1 Å². The molecule has 0 saturated heterocycles. The largest absolute Gasteiger partial charge is 0.357 e. The van der Waals surface area contributed by atoms with E-state index in [1.807, 2.05) is 0 Å². The van der Waals surface area contributed by atoms with E-state index in [0.29, 0.717) is 35.4 Å². The van der Waals surface area contributed by atoms with Crippen molar-refractivity contribution in [2.75, 3.05) is 12.4 Å². The summed E-state index contributed by atoms with van der Waals surface area (Å²) in [5.41, 5.74) is 2.42. The van der Waals surface area contributed by atoms with E-state index >= 15 is 0 Å². The molecule has 8 heteroatoms. The van der Waals surface area contributed by atoms with Gasteiger partial charge in [0.25, 0.3) is 0 Å². The number of imidazole rings is 1. The van der Waals surface area contributed by atoms with Gasteiger partial charge in [-0.1, -0.05) is 19.3 Å². The Bertz CT molecular complexity index is 922. The normalized spacial score (nSPS) is 15.6. The van der Waals surface area contributed by atoms with Crippen LogP contribution in [0.15, 0.2) is 23.4 Å². The zero-order valence-electron chi connectivity index (χ0n) is 14.2. The summed E-state index contributed by atoms with van der Waals surface area (Å²) in [6.07, 6.45) is 11.2. The molecule has 0 unspecified atom stereocenters. The van der Waals surface area contributed by atoms with Crippen LogP contribution < -0.4 is 11.0 Å². The number of nitrogens with zero attached hydrogens (tertiary/aromatic N) is 5. The third-order valence-corrected chi connectivity index (χ3v) is 4.82. The van der Waals surface area contributed by atoms with Crippen LogP contribution in [-0.2, 0) is 6.54 Å². The molecule has 3 aromatic rings. The lowest BCUT2D eigenvalue weighted by atomic mass is 9.89. The van der Waals surface area contributed by atoms with Crippen LogP contribution in [0.2, 0.25) is 0 Å². The topological polar surface area (TPSA) is 101 Å². The number of hydrogen-bond donors (Lipinski definition) is 2. The van der Waals surface area contributed by atoms with E-state index in [2.05, 4.69) is 30.2 Å². The van der Waals surface area contributed by atoms with Crippen LogP contribution in [0.4, 0.5) is 5.95 Å². The number of nitrogens with one attached hydrogen (secondary N) is 2. The lowest BCUT2D eigenvalue weighted by Crippen LogP contribution is -2.23. The Morgan fingerprint density at radius 1 is 1.16 bits per heavy atom. The maximum atomic E-state index is 12.3. The molecular weight excluding hydrogens is 318 g/mol. The molecule has 8 nitrogen and oxygen atoms in total. The second-order valence-corrected chi connectivity index (χ2v) is 6.52. The van der Waals surface area contributed by atoms with Crippen molar-refractivity contribution in [1.82, 2.24) is 29.5 Å². The first-order chi connectivity index (χ1) is 12.2. The van der Waals surface area contributed by atoms with E-state index in [-0.39, 0.29) is 5.69 Å². The summed E-state index contributed by atoms with van der Waals surface area (Å²) < 4.78 is 1.73. The number of aromatic amines is 1. The predicted octanol–water partition coefficient (Wildman–Crippen LogP) is 2.20. The van der Waals surface area contributed by atoms with Gasteiger partial charge in [-0.15, -0.1) is 0 Å². The van der Waals surface area contributed by atoms with E-state index in [0.717, 1.165) is 5.56 Å². The van der Waals surface area contributed by atoms with E-state index in [4.69, 9.17) is 0 Å². The SMILES string of the molecule is CNc1ncc(-c2cnc3[nH]c(=O)n(CC4CCCCC4)c3n2)cn1. The van der Waals surface area contributed by atoms with Crippen LogP contribution in [0.3, 0.4) is 0 Å². The summed E-state index contributed by atoms with van der Waals surface area (Å²) in [6.45, 7) is 0.701. The smallest absolute Gasteiger partial charge is 0.328 e. The molecule has 0 radical (unpaired) electrons. The molecule has 0 atom stereocenters. The molecule has 0 aliphatic heterocycles. The number of anilines is 1. The van der Waals surface area contributed by atoms with E-state index in [1.165, 1.54) is 32.1 Å². The first-order valence-corrected chi connectivity index (χ1v) is 8.70. The first kappa shape index (κ1) is 15.7. The molecule has 25 heavy (non-hydrogen) atoms. The summed E-state index contributed by atoms with van der Waals surface area (Å²) in [5, 5.41) is 2.88. The van der Waals surface area contributed by atoms with Crippen LogP contribution in [0.25, 0.3) is 22.6 Å². The third kappa shape index (κ3) is 3.11. The Labute approximate surface area is 144 Å². The first-order valence-electron chi connectivity index (χ1n) is 8.70. The van der Waals surface area contributed by atoms with Gasteiger partial charge >= 0.3 is 5.69 Å². The van der Waals surface area contributed by atoms with Crippen molar-refractivity contribution in [2.45, 2.75) is 38.6 Å². The maximum Gasteiger partial charge on any atom is 0.328 e. The van der Waals surface area contributed by atoms with Gasteiger partial charge in [0.1, 0.15) is 0 Å². The van der Waals surface area contributed by atoms with Crippen molar-refractivity contribution in [3.8, 4) is 11.3 Å². The second-order valence-electron chi connectivity index (χ2n) is 6.52. The molecule has 4 rings (SSSR count). The second kappa shape index (κ2) is 6.62. The summed E-state index contributed by atoms with van der Waals surface area (Å²) in [4.78, 5) is 32.6. The number of rotatable bonds is 4. The average molecular weight is 339 g/mol. The molecule has 1 fully saturated rings. The lowest BCUT2D eigenvalue weighted by Gasteiger charge is -2.21. The van der Waals surface area contributed by atoms with Crippen molar-refractivity contribution in [2.24, 2.45) is 5.92 Å². The van der Waals surface area contributed by atoms with Gasteiger partial charge in [0, 0.05) is 31.5 Å². The van der Waals surface area contributed by atoms with Crippen molar-refractivity contribution in [3.05, 3.63) is 29.1 Å². The molecule has 0 aromatic carbocycles. The van der Waals surface area contributed by atoms with Gasteiger partial charge in [-0.3, -0.25) is 9.55 Å². The number of H-pyrrole nitrogens is 1. The zero-order valence-corrected chi connectivity index (χ0v) is 14.2. The van der Waals surface area contributed by atoms with Crippen LogP contribution >= 0.6 is 0 Å². The van der Waals surface area contributed by atoms with E-state index in [1.54, 1.807) is 30.2 Å². The molecule has 1 saturated carbocycles. The molecule has 2 N–H and O–H groups in total. The summed E-state index contributed by atoms with van der Waals surface area (Å²) in [5.74, 6) is 1.09. The maximum absolute atomic E-state index is 12.3. The van der Waals surface area contributed by atoms with Crippen LogP contribution in [0, 0.1) is 5.92 Å². The molecule has 3 aromatic heterocycles. The monoisotopic (exact) mass is 339 g/mol. The lowest BCUT2D eigenvalue weighted by molar-refractivity contribution is 0.319. The number of aromatic nitrogens is 6. The van der Waals surface area contributed by atoms with Gasteiger partial charge in [0.15, 0.2) is 11.3 Å². The van der Waals surface area contributed by atoms with Crippen molar-refractivity contribution >= 4 is 17.2 Å². The van der Waals surface area contributed by atoms with Gasteiger partial charge < -0.3 is 5.32 Å². The quantitative estimate of drug-likeness (QED) is 0.755. The number of fused-ring (bicyclic) bond motifs is 1. The summed E-state index contributed by atoms with van der Waals surface area (Å²) in [6, 6.07) is 0. The average Bonchev–Trinajstić information content (AvgIpc) is 2.97. The van der Waals surface area contributed by atoms with Crippen molar-refractivity contribution < 1.29 is 0 Å². The Morgan fingerprint density at radius 3 is 2.64 bits per heavy atom. The fraction of sp³-hybridized carbons (Fsp3) is 0.471. The molecule has 0 amide bonds. The highest BCUT2D eigenvalue weighted by atomic mass is 16.1. The molecule has 1 aliphatic rings. The minimum atomic E-state index is -0.139. The third-order valence-electron chi connectivity index (χ3n) is 4.82. The molecule has 0 bridgehead atoms. The molecule has 1 aliphatic carbocycles. The number of hydrogen-bond acceptors (Lipinski definition) is 6. The Balaban J connectivity index is 1.70. The predicted molar refractivity (Wildman–Crippen MR) is 95.3 cm³/mol. The Morgan fingerprint density at radius 2 is 1.92 bits per heavy atom.